The number of pyridine rings is 1. The average molecular weight is 1500 g/mol. The Bertz CT molecular complexity index is 5190. The summed E-state index contributed by atoms with van der Waals surface area (Å²) in [7, 11) is 4.82. The third-order valence-electron chi connectivity index (χ3n) is 16.8. The first-order valence-corrected chi connectivity index (χ1v) is 34.9. The third kappa shape index (κ3) is 22.8. The van der Waals surface area contributed by atoms with Gasteiger partial charge in [0.2, 0.25) is 23.7 Å². The number of carbonyl (C=O) groups excluding carboxylic acids is 5. The number of hydrogen-bond donors (Lipinski definition) is 8. The van der Waals surface area contributed by atoms with Crippen LogP contribution in [0.15, 0.2) is 231 Å². The summed E-state index contributed by atoms with van der Waals surface area (Å²) in [4.78, 5) is 101. The molecule has 1 aliphatic rings. The summed E-state index contributed by atoms with van der Waals surface area (Å²) in [5.74, 6) is -0.0829. The summed E-state index contributed by atoms with van der Waals surface area (Å²) in [6.07, 6.45) is 7.90. The van der Waals surface area contributed by atoms with Gasteiger partial charge in [-0.15, -0.1) is 0 Å². The van der Waals surface area contributed by atoms with Gasteiger partial charge in [0.1, 0.15) is 29.5 Å². The van der Waals surface area contributed by atoms with Crippen molar-refractivity contribution in [2.75, 3.05) is 90.9 Å². The molecule has 0 bridgehead atoms. The summed E-state index contributed by atoms with van der Waals surface area (Å²) >= 11 is 0. The Labute approximate surface area is 639 Å². The van der Waals surface area contributed by atoms with Crippen LogP contribution in [0, 0.1) is 18.6 Å². The van der Waals surface area contributed by atoms with Gasteiger partial charge in [0.05, 0.1) is 37.9 Å². The topological polar surface area (TPSA) is 321 Å². The number of anilines is 12. The number of nitrogens with zero attached hydrogens (tertiary/aromatic N) is 8. The first-order valence-electron chi connectivity index (χ1n) is 34.9. The molecule has 1 aliphatic heterocycles. The molecule has 5 heterocycles. The monoisotopic (exact) mass is 1500 g/mol. The van der Waals surface area contributed by atoms with E-state index in [1.807, 2.05) is 49.4 Å². The molecule has 11 aromatic rings. The van der Waals surface area contributed by atoms with Crippen molar-refractivity contribution in [2.24, 2.45) is 7.05 Å². The Kier molecular flexibility index (Phi) is 27.4. The van der Waals surface area contributed by atoms with Gasteiger partial charge in [-0.05, 0) is 156 Å². The fourth-order valence-corrected chi connectivity index (χ4v) is 10.8. The maximum atomic E-state index is 14.4. The zero-order chi connectivity index (χ0) is 79.0. The van der Waals surface area contributed by atoms with Crippen molar-refractivity contribution < 1.29 is 51.7 Å². The highest BCUT2D eigenvalue weighted by Gasteiger charge is 2.21. The Hall–Kier alpha value is -13.9. The van der Waals surface area contributed by atoms with Gasteiger partial charge in [-0.2, -0.15) is 9.97 Å². The van der Waals surface area contributed by atoms with E-state index >= 15 is 0 Å². The van der Waals surface area contributed by atoms with Crippen molar-refractivity contribution in [3.63, 3.8) is 0 Å². The lowest BCUT2D eigenvalue weighted by atomic mass is 9.86. The highest BCUT2D eigenvalue weighted by atomic mass is 19.1. The van der Waals surface area contributed by atoms with E-state index in [9.17, 15) is 37.5 Å². The minimum atomic E-state index is -0.650. The average Bonchev–Trinajstić information content (AvgIpc) is 0.795. The van der Waals surface area contributed by atoms with E-state index in [1.165, 1.54) is 35.5 Å². The molecule has 0 spiro atoms. The highest BCUT2D eigenvalue weighted by molar-refractivity contribution is 6.00. The number of morpholine rings is 1. The van der Waals surface area contributed by atoms with E-state index in [4.69, 9.17) is 18.9 Å². The predicted octanol–water partition coefficient (Wildman–Crippen LogP) is 14.7. The Balaban J connectivity index is 0.000000179. The molecule has 0 aliphatic carbocycles. The number of carbonyl (C=O) groups is 5. The fourth-order valence-electron chi connectivity index (χ4n) is 10.8. The molecule has 0 atom stereocenters. The molecule has 8 N–H and O–H groups in total. The van der Waals surface area contributed by atoms with Crippen LogP contribution in [0.2, 0.25) is 0 Å². The van der Waals surface area contributed by atoms with E-state index < -0.39 is 11.6 Å². The van der Waals surface area contributed by atoms with Crippen LogP contribution in [0.4, 0.5) is 77.9 Å². The van der Waals surface area contributed by atoms with Crippen LogP contribution >= 0.6 is 0 Å². The maximum absolute atomic E-state index is 14.4. The molecule has 4 amide bonds. The summed E-state index contributed by atoms with van der Waals surface area (Å²) in [6.45, 7) is 18.4. The number of ketones is 1. The lowest BCUT2D eigenvalue weighted by Crippen LogP contribution is -2.40. The largest absolute Gasteiger partial charge is 0.491 e. The quantitative estimate of drug-likeness (QED) is 0.0142. The van der Waals surface area contributed by atoms with Gasteiger partial charge in [0, 0.05) is 116 Å². The summed E-state index contributed by atoms with van der Waals surface area (Å²) in [6, 6.07) is 51.5. The number of aromatic nitrogens is 7. The van der Waals surface area contributed by atoms with E-state index in [1.54, 1.807) is 153 Å². The van der Waals surface area contributed by atoms with Crippen molar-refractivity contribution in [1.82, 2.24) is 44.7 Å². The summed E-state index contributed by atoms with van der Waals surface area (Å²) < 4.78 is 51.7. The van der Waals surface area contributed by atoms with Gasteiger partial charge < -0.3 is 70.9 Å². The second-order valence-electron chi connectivity index (χ2n) is 25.8. The molecule has 7 aromatic carbocycles. The molecular formula is C83H82F2N16O10. The van der Waals surface area contributed by atoms with E-state index in [0.717, 1.165) is 35.2 Å². The van der Waals surface area contributed by atoms with E-state index in [0.29, 0.717) is 113 Å². The molecule has 28 heteroatoms. The van der Waals surface area contributed by atoms with Crippen LogP contribution in [0.3, 0.4) is 0 Å². The fraction of sp³-hybridized carbons (Fsp3) is 0.181. The molecule has 26 nitrogen and oxygen atoms in total. The Morgan fingerprint density at radius 1 is 0.586 bits per heavy atom. The SMILES string of the molecule is C=CC(=O)Nc1cccc(Nc2nc(Nc3ccc(OCCOC)cc3)ncc2F)c1.C=CC(=O)Nc1cccc(Nc2nc(Nc3ccc(Oc4ccnc(C(=O)NC)c4)cc3)ncc2F)c1.Cc1c(CC(=O)c2ccc(C(C)(C)C)cc2)cccc1-c1cn(C)c(=O)c(Nc2ccc(C(=O)N3CCOCC3)cc2)n1. The van der Waals surface area contributed by atoms with Crippen LogP contribution < -0.4 is 57.6 Å². The molecule has 0 unspecified atom stereocenters. The zero-order valence-electron chi connectivity index (χ0n) is 62.0. The van der Waals surface area contributed by atoms with Gasteiger partial charge in [0.25, 0.3) is 17.4 Å². The molecule has 1 saturated heterocycles. The van der Waals surface area contributed by atoms with Gasteiger partial charge in [-0.3, -0.25) is 33.8 Å². The minimum Gasteiger partial charge on any atom is -0.491 e. The molecular weight excluding hydrogens is 1420 g/mol. The van der Waals surface area contributed by atoms with Crippen molar-refractivity contribution in [3.8, 4) is 28.5 Å². The van der Waals surface area contributed by atoms with Crippen molar-refractivity contribution in [2.45, 2.75) is 39.5 Å². The third-order valence-corrected chi connectivity index (χ3v) is 16.8. The van der Waals surface area contributed by atoms with Crippen LogP contribution in [0.5, 0.6) is 17.2 Å². The van der Waals surface area contributed by atoms with Crippen LogP contribution in [0.1, 0.15) is 68.7 Å². The van der Waals surface area contributed by atoms with E-state index in [2.05, 4.69) is 106 Å². The number of amides is 4. The summed E-state index contributed by atoms with van der Waals surface area (Å²) in [5, 5.41) is 22.7. The summed E-state index contributed by atoms with van der Waals surface area (Å²) in [5.41, 5.74) is 9.85. The molecule has 568 valence electrons. The number of Topliss-reactive ketones (excluding diaryl/α,β-unsaturated/α-hetero) is 1. The maximum Gasteiger partial charge on any atom is 0.293 e. The molecule has 111 heavy (non-hydrogen) atoms. The first kappa shape index (κ1) is 79.7. The number of halogens is 2. The van der Waals surface area contributed by atoms with Gasteiger partial charge >= 0.3 is 0 Å². The lowest BCUT2D eigenvalue weighted by molar-refractivity contribution is -0.112. The van der Waals surface area contributed by atoms with Gasteiger partial charge in [-0.1, -0.05) is 88.5 Å². The molecule has 4 aromatic heterocycles. The number of hydrogen-bond acceptors (Lipinski definition) is 21. The molecule has 1 fully saturated rings. The second kappa shape index (κ2) is 38.1. The number of ether oxygens (including phenoxy) is 4. The lowest BCUT2D eigenvalue weighted by Gasteiger charge is -2.26. The van der Waals surface area contributed by atoms with Crippen molar-refractivity contribution >= 4 is 98.6 Å². The zero-order valence-corrected chi connectivity index (χ0v) is 62.0. The highest BCUT2D eigenvalue weighted by Crippen LogP contribution is 2.31. The Morgan fingerprint density at radius 2 is 1.11 bits per heavy atom. The number of benzene rings is 7. The number of rotatable bonds is 26. The molecule has 0 saturated carbocycles. The van der Waals surface area contributed by atoms with Gasteiger partial charge in [0.15, 0.2) is 34.9 Å². The number of nitrogens with one attached hydrogen (secondary N) is 8. The normalized spacial score (nSPS) is 11.5. The number of methoxy groups -OCH3 is 1. The molecule has 0 radical (unpaired) electrons. The minimum absolute atomic E-state index is 0.00998. The van der Waals surface area contributed by atoms with Crippen LogP contribution in [-0.2, 0) is 37.9 Å². The first-order chi connectivity index (χ1) is 53.5. The van der Waals surface area contributed by atoms with E-state index in [-0.39, 0.29) is 81.9 Å². The predicted molar refractivity (Wildman–Crippen MR) is 425 cm³/mol. The number of aryl methyl sites for hydroxylation is 1. The van der Waals surface area contributed by atoms with Crippen molar-refractivity contribution in [3.05, 3.63) is 282 Å². The molecule has 12 rings (SSSR count). The Morgan fingerprint density at radius 3 is 1.66 bits per heavy atom. The standard InChI is InChI=1S/C35H38N4O4.C26H22FN7O3.C22H22FN5O3/c1-23-26(21-31(40)24-9-13-27(14-10-24)35(2,3)4)7-6-8-29(23)30-22-38(5)34(42)32(37-30)36-28-15-11-25(12-16-28)33(41)39-17-19-43-20-18-39;1-3-23(35)31-17-5-4-6-18(13-17)32-24-21(27)15-30-26(34-24)33-16-7-9-19(10-8-16)37-20-11-12-29-22(14-20)25(36)28-2;1-3-20(29)25-16-5-4-6-17(13-16)26-21-19(23)14-24-22(28-21)27-15-7-9-18(10-8-15)31-12-11-30-2/h6-16,22H,17-21H2,1-5H3,(H,36,37);3-15H,1H2,2H3,(H,28,36)(H,31,35)(H2,30,32,33,34);3-10,13-14H,1,11-12H2,2H3,(H,25,29)(H2,24,26,27,28). The van der Waals surface area contributed by atoms with Gasteiger partial charge in [-0.25, -0.2) is 23.7 Å². The smallest absolute Gasteiger partial charge is 0.293 e. The van der Waals surface area contributed by atoms with Crippen LogP contribution in [-0.4, -0.2) is 122 Å². The van der Waals surface area contributed by atoms with Crippen LogP contribution in [0.25, 0.3) is 11.3 Å². The van der Waals surface area contributed by atoms with Crippen molar-refractivity contribution in [1.29, 1.82) is 0 Å². The second-order valence-corrected chi connectivity index (χ2v) is 25.8.